The maximum Gasteiger partial charge on any atom is 0.255 e. The second-order valence-electron chi connectivity index (χ2n) is 5.89. The minimum atomic E-state index is -0.197. The van der Waals surface area contributed by atoms with E-state index in [1.54, 1.807) is 20.4 Å². The zero-order chi connectivity index (χ0) is 17.4. The zero-order valence-electron chi connectivity index (χ0n) is 14.1. The van der Waals surface area contributed by atoms with Gasteiger partial charge in [0.2, 0.25) is 5.88 Å². The number of amidine groups is 1. The van der Waals surface area contributed by atoms with Crippen LogP contribution in [-0.4, -0.2) is 43.2 Å². The van der Waals surface area contributed by atoms with Crippen molar-refractivity contribution < 1.29 is 13.9 Å². The Bertz CT molecular complexity index is 898. The summed E-state index contributed by atoms with van der Waals surface area (Å²) in [6, 6.07) is 7.59. The van der Waals surface area contributed by atoms with Crippen molar-refractivity contribution in [3.05, 3.63) is 46.7 Å². The summed E-state index contributed by atoms with van der Waals surface area (Å²) < 4.78 is 10.9. The van der Waals surface area contributed by atoms with Crippen LogP contribution in [0.5, 0.6) is 5.75 Å². The lowest BCUT2D eigenvalue weighted by Gasteiger charge is -2.18. The number of fused-ring (bicyclic) bond motifs is 3. The summed E-state index contributed by atoms with van der Waals surface area (Å²) in [6.07, 6.45) is 1.70. The Balaban J connectivity index is 1.59. The number of nitrogens with one attached hydrogen (secondary N) is 1. The van der Waals surface area contributed by atoms with Gasteiger partial charge in [0.15, 0.2) is 0 Å². The van der Waals surface area contributed by atoms with Crippen LogP contribution in [0.3, 0.4) is 0 Å². The number of carbonyl (C=O) groups is 1. The molecule has 0 atom stereocenters. The maximum absolute atomic E-state index is 12.8. The molecule has 1 N–H and O–H groups in total. The van der Waals surface area contributed by atoms with Gasteiger partial charge in [-0.25, -0.2) is 4.99 Å². The summed E-state index contributed by atoms with van der Waals surface area (Å²) in [7, 11) is 1.62. The van der Waals surface area contributed by atoms with E-state index in [9.17, 15) is 4.79 Å². The number of methoxy groups -OCH3 is 1. The van der Waals surface area contributed by atoms with Crippen molar-refractivity contribution in [1.29, 1.82) is 0 Å². The molecule has 7 nitrogen and oxygen atoms in total. The number of ether oxygens (including phenoxy) is 1. The highest BCUT2D eigenvalue weighted by Crippen LogP contribution is 2.34. The average molecular weight is 338 g/mol. The van der Waals surface area contributed by atoms with Crippen LogP contribution in [0.25, 0.3) is 0 Å². The third kappa shape index (κ3) is 2.67. The number of benzene rings is 1. The lowest BCUT2D eigenvalue weighted by Crippen LogP contribution is -2.32. The quantitative estimate of drug-likeness (QED) is 0.927. The number of furan rings is 1. The van der Waals surface area contributed by atoms with Gasteiger partial charge in [-0.1, -0.05) is 12.1 Å². The maximum atomic E-state index is 12.8. The van der Waals surface area contributed by atoms with Crippen LogP contribution in [0.15, 0.2) is 38.7 Å². The van der Waals surface area contributed by atoms with Gasteiger partial charge >= 0.3 is 0 Å². The molecule has 0 saturated carbocycles. The molecule has 7 heteroatoms. The predicted octanol–water partition coefficient (Wildman–Crippen LogP) is 2.26. The average Bonchev–Trinajstić information content (AvgIpc) is 3.22. The minimum absolute atomic E-state index is 0.197. The van der Waals surface area contributed by atoms with Crippen LogP contribution in [-0.2, 0) is 6.54 Å². The monoisotopic (exact) mass is 338 g/mol. The molecule has 25 heavy (non-hydrogen) atoms. The van der Waals surface area contributed by atoms with E-state index in [0.29, 0.717) is 35.9 Å². The highest BCUT2D eigenvalue weighted by atomic mass is 16.5. The number of carbonyl (C=O) groups excluding carboxylic acids is 1. The number of hydrogen-bond donors (Lipinski definition) is 1. The van der Waals surface area contributed by atoms with E-state index in [2.05, 4.69) is 15.3 Å². The van der Waals surface area contributed by atoms with Gasteiger partial charge in [0.25, 0.3) is 5.91 Å². The van der Waals surface area contributed by atoms with Gasteiger partial charge in [-0.2, -0.15) is 0 Å². The van der Waals surface area contributed by atoms with Crippen molar-refractivity contribution in [3.8, 4) is 5.75 Å². The normalized spacial score (nSPS) is 14.8. The third-order valence-corrected chi connectivity index (χ3v) is 4.29. The molecule has 2 aliphatic heterocycles. The Hall–Kier alpha value is -3.09. The third-order valence-electron chi connectivity index (χ3n) is 4.29. The molecular formula is C18H18N4O3. The van der Waals surface area contributed by atoms with Crippen molar-refractivity contribution in [2.24, 2.45) is 9.98 Å². The lowest BCUT2D eigenvalue weighted by atomic mass is 10.1. The number of rotatable bonds is 4. The van der Waals surface area contributed by atoms with E-state index in [0.717, 1.165) is 23.7 Å². The summed E-state index contributed by atoms with van der Waals surface area (Å²) in [5, 5.41) is 2.94. The molecule has 3 heterocycles. The first kappa shape index (κ1) is 15.4. The van der Waals surface area contributed by atoms with Crippen molar-refractivity contribution >= 4 is 24.0 Å². The smallest absolute Gasteiger partial charge is 0.255 e. The Morgan fingerprint density at radius 3 is 3.16 bits per heavy atom. The fourth-order valence-electron chi connectivity index (χ4n) is 3.07. The van der Waals surface area contributed by atoms with Crippen molar-refractivity contribution in [2.75, 3.05) is 20.2 Å². The predicted molar refractivity (Wildman–Crippen MR) is 93.9 cm³/mol. The Morgan fingerprint density at radius 1 is 1.44 bits per heavy atom. The van der Waals surface area contributed by atoms with Crippen molar-refractivity contribution in [3.63, 3.8) is 0 Å². The molecule has 0 aliphatic carbocycles. The van der Waals surface area contributed by atoms with Crippen LogP contribution in [0.2, 0.25) is 0 Å². The molecule has 0 saturated heterocycles. The van der Waals surface area contributed by atoms with E-state index in [-0.39, 0.29) is 5.91 Å². The molecule has 0 unspecified atom stereocenters. The standard InChI is InChI=1S/C18H18N4O3/c1-11-14(15-16-19-6-7-22(16)10-21-18(15)25-11)17(23)20-9-12-4-3-5-13(8-12)24-2/h3-5,8,10H,6-7,9H2,1-2H3,(H,20,23). The van der Waals surface area contributed by atoms with Gasteiger partial charge in [0.05, 0.1) is 24.8 Å². The number of aryl methyl sites for hydroxylation is 1. The Morgan fingerprint density at radius 2 is 2.32 bits per heavy atom. The van der Waals surface area contributed by atoms with Gasteiger partial charge < -0.3 is 19.4 Å². The topological polar surface area (TPSA) is 79.4 Å². The lowest BCUT2D eigenvalue weighted by molar-refractivity contribution is 0.0949. The number of nitrogens with zero attached hydrogens (tertiary/aromatic N) is 3. The Kier molecular flexibility index (Phi) is 3.76. The molecule has 0 radical (unpaired) electrons. The molecule has 0 fully saturated rings. The van der Waals surface area contributed by atoms with Crippen molar-refractivity contribution in [1.82, 2.24) is 10.2 Å². The SMILES string of the molecule is COc1cccc(CNC(=O)c2c(C)oc3c2C2=NCCN2C=N3)c1. The van der Waals surface area contributed by atoms with E-state index in [4.69, 9.17) is 9.15 Å². The van der Waals surface area contributed by atoms with Crippen LogP contribution < -0.4 is 10.1 Å². The highest BCUT2D eigenvalue weighted by Gasteiger charge is 2.33. The summed E-state index contributed by atoms with van der Waals surface area (Å²) >= 11 is 0. The molecule has 128 valence electrons. The highest BCUT2D eigenvalue weighted by molar-refractivity contribution is 6.17. The van der Waals surface area contributed by atoms with Gasteiger partial charge in [-0.3, -0.25) is 9.79 Å². The fourth-order valence-corrected chi connectivity index (χ4v) is 3.07. The second kappa shape index (κ2) is 6.08. The van der Waals surface area contributed by atoms with Gasteiger partial charge in [0, 0.05) is 13.1 Å². The van der Waals surface area contributed by atoms with Gasteiger partial charge in [-0.05, 0) is 24.6 Å². The second-order valence-corrected chi connectivity index (χ2v) is 5.89. The van der Waals surface area contributed by atoms with Crippen molar-refractivity contribution in [2.45, 2.75) is 13.5 Å². The number of hydrogen-bond acceptors (Lipinski definition) is 6. The summed E-state index contributed by atoms with van der Waals surface area (Å²) in [5.74, 6) is 2.31. The van der Waals surface area contributed by atoms with E-state index in [1.165, 1.54) is 0 Å². The summed E-state index contributed by atoms with van der Waals surface area (Å²) in [6.45, 7) is 3.63. The first-order valence-electron chi connectivity index (χ1n) is 8.07. The largest absolute Gasteiger partial charge is 0.497 e. The number of aliphatic imine (C=N–C) groups is 2. The number of amides is 1. The van der Waals surface area contributed by atoms with Crippen LogP contribution in [0.1, 0.15) is 27.2 Å². The molecule has 4 rings (SSSR count). The van der Waals surface area contributed by atoms with Crippen LogP contribution in [0.4, 0.5) is 5.88 Å². The van der Waals surface area contributed by atoms with E-state index >= 15 is 0 Å². The minimum Gasteiger partial charge on any atom is -0.497 e. The first-order valence-corrected chi connectivity index (χ1v) is 8.07. The van der Waals surface area contributed by atoms with E-state index in [1.807, 2.05) is 29.2 Å². The van der Waals surface area contributed by atoms with Gasteiger partial charge in [0.1, 0.15) is 23.7 Å². The molecule has 0 spiro atoms. The summed E-state index contributed by atoms with van der Waals surface area (Å²) in [4.78, 5) is 23.5. The fraction of sp³-hybridized carbons (Fsp3) is 0.278. The van der Waals surface area contributed by atoms with Gasteiger partial charge in [-0.15, -0.1) is 0 Å². The first-order chi connectivity index (χ1) is 12.2. The molecule has 1 aromatic carbocycles. The zero-order valence-corrected chi connectivity index (χ0v) is 14.1. The van der Waals surface area contributed by atoms with Crippen LogP contribution in [0, 0.1) is 6.92 Å². The van der Waals surface area contributed by atoms with Crippen LogP contribution >= 0.6 is 0 Å². The van der Waals surface area contributed by atoms with E-state index < -0.39 is 0 Å². The summed E-state index contributed by atoms with van der Waals surface area (Å²) in [5.41, 5.74) is 2.14. The molecule has 1 amide bonds. The molecular weight excluding hydrogens is 320 g/mol. The molecule has 0 bridgehead atoms. The molecule has 2 aliphatic rings. The Labute approximate surface area is 145 Å². The molecule has 1 aromatic heterocycles. The molecule has 2 aromatic rings.